The van der Waals surface area contributed by atoms with Gasteiger partial charge in [0.25, 0.3) is 11.6 Å². The quantitative estimate of drug-likeness (QED) is 0.586. The molecule has 0 radical (unpaired) electrons. The minimum absolute atomic E-state index is 0.0305. The molecule has 1 amide bonds. The maximum absolute atomic E-state index is 13.3. The van der Waals surface area contributed by atoms with Crippen molar-refractivity contribution < 1.29 is 9.72 Å². The molecule has 2 aromatic carbocycles. The van der Waals surface area contributed by atoms with Crippen molar-refractivity contribution in [3.8, 4) is 0 Å². The first-order valence-electron chi connectivity index (χ1n) is 10.3. The van der Waals surface area contributed by atoms with Crippen LogP contribution in [0.4, 0.5) is 17.1 Å². The number of non-ortho nitro benzene ring substituents is 1. The lowest BCUT2D eigenvalue weighted by Gasteiger charge is -2.37. The van der Waals surface area contributed by atoms with Crippen LogP contribution in [0.1, 0.15) is 29.6 Å². The number of nitrogens with zero attached hydrogens (tertiary/aromatic N) is 4. The summed E-state index contributed by atoms with van der Waals surface area (Å²) in [6.07, 6.45) is 3.36. The van der Waals surface area contributed by atoms with Crippen LogP contribution in [0.25, 0.3) is 0 Å². The lowest BCUT2D eigenvalue weighted by Crippen LogP contribution is -2.49. The zero-order chi connectivity index (χ0) is 20.2. The van der Waals surface area contributed by atoms with E-state index in [4.69, 9.17) is 0 Å². The van der Waals surface area contributed by atoms with Crippen molar-refractivity contribution >= 4 is 23.0 Å². The fourth-order valence-electron chi connectivity index (χ4n) is 4.20. The van der Waals surface area contributed by atoms with Crippen LogP contribution in [-0.2, 0) is 0 Å². The summed E-state index contributed by atoms with van der Waals surface area (Å²) in [6, 6.07) is 14.9. The molecular weight excluding hydrogens is 368 g/mol. The molecule has 0 aliphatic carbocycles. The number of benzene rings is 2. The van der Waals surface area contributed by atoms with Crippen LogP contribution in [0.2, 0.25) is 0 Å². The third kappa shape index (κ3) is 4.18. The molecule has 2 heterocycles. The van der Waals surface area contributed by atoms with Gasteiger partial charge in [-0.2, -0.15) is 0 Å². The zero-order valence-electron chi connectivity index (χ0n) is 16.5. The number of amides is 1. The number of piperazine rings is 1. The van der Waals surface area contributed by atoms with Crippen LogP contribution in [0.15, 0.2) is 48.5 Å². The third-order valence-electron chi connectivity index (χ3n) is 5.81. The largest absolute Gasteiger partial charge is 0.371 e. The maximum atomic E-state index is 13.3. The Balaban J connectivity index is 1.54. The highest BCUT2D eigenvalue weighted by atomic mass is 16.6. The Morgan fingerprint density at radius 3 is 2.17 bits per heavy atom. The molecular formula is C22H26N4O3. The molecule has 0 atom stereocenters. The number of para-hydroxylation sites is 1. The van der Waals surface area contributed by atoms with Crippen LogP contribution in [0, 0.1) is 10.1 Å². The van der Waals surface area contributed by atoms with E-state index in [9.17, 15) is 14.9 Å². The van der Waals surface area contributed by atoms with Crippen molar-refractivity contribution in [1.82, 2.24) is 4.90 Å². The van der Waals surface area contributed by atoms with E-state index in [1.54, 1.807) is 6.07 Å². The predicted molar refractivity (Wildman–Crippen MR) is 114 cm³/mol. The van der Waals surface area contributed by atoms with Crippen LogP contribution in [-0.4, -0.2) is 55.0 Å². The Morgan fingerprint density at radius 1 is 0.828 bits per heavy atom. The van der Waals surface area contributed by atoms with Gasteiger partial charge in [-0.1, -0.05) is 18.2 Å². The smallest absolute Gasteiger partial charge is 0.270 e. The summed E-state index contributed by atoms with van der Waals surface area (Å²) in [6.45, 7) is 4.50. The molecule has 29 heavy (non-hydrogen) atoms. The van der Waals surface area contributed by atoms with Crippen molar-refractivity contribution in [3.05, 3.63) is 64.2 Å². The summed E-state index contributed by atoms with van der Waals surface area (Å²) in [5.41, 5.74) is 2.40. The summed E-state index contributed by atoms with van der Waals surface area (Å²) in [7, 11) is 0. The van der Waals surface area contributed by atoms with Gasteiger partial charge < -0.3 is 14.7 Å². The Morgan fingerprint density at radius 2 is 1.52 bits per heavy atom. The highest BCUT2D eigenvalue weighted by molar-refractivity contribution is 6.00. The minimum Gasteiger partial charge on any atom is -0.371 e. The maximum Gasteiger partial charge on any atom is 0.270 e. The topological polar surface area (TPSA) is 69.9 Å². The van der Waals surface area contributed by atoms with Crippen molar-refractivity contribution in [2.75, 3.05) is 49.1 Å². The number of piperidine rings is 1. The van der Waals surface area contributed by atoms with Crippen LogP contribution < -0.4 is 9.80 Å². The van der Waals surface area contributed by atoms with Crippen molar-refractivity contribution in [2.24, 2.45) is 0 Å². The van der Waals surface area contributed by atoms with Gasteiger partial charge in [0, 0.05) is 57.1 Å². The number of rotatable bonds is 4. The molecule has 2 fully saturated rings. The van der Waals surface area contributed by atoms with E-state index < -0.39 is 4.92 Å². The first kappa shape index (κ1) is 19.2. The molecule has 2 saturated heterocycles. The standard InChI is InChI=1S/C22H26N4O3/c27-22(25-15-13-23(14-16-25)18-7-3-1-4-8-18)20-17-19(26(28)29)9-10-21(20)24-11-5-2-6-12-24/h1,3-4,7-10,17H,2,5-6,11-16H2. The summed E-state index contributed by atoms with van der Waals surface area (Å²) in [4.78, 5) is 30.5. The van der Waals surface area contributed by atoms with Gasteiger partial charge in [-0.05, 0) is 37.5 Å². The van der Waals surface area contributed by atoms with Crippen molar-refractivity contribution in [3.63, 3.8) is 0 Å². The highest BCUT2D eigenvalue weighted by Crippen LogP contribution is 2.29. The van der Waals surface area contributed by atoms with E-state index in [2.05, 4.69) is 21.9 Å². The van der Waals surface area contributed by atoms with E-state index >= 15 is 0 Å². The first-order valence-corrected chi connectivity index (χ1v) is 10.3. The molecule has 152 valence electrons. The fourth-order valence-corrected chi connectivity index (χ4v) is 4.20. The predicted octanol–water partition coefficient (Wildman–Crippen LogP) is 3.55. The van der Waals surface area contributed by atoms with Gasteiger partial charge in [-0.25, -0.2) is 0 Å². The van der Waals surface area contributed by atoms with Crippen LogP contribution >= 0.6 is 0 Å². The molecule has 0 bridgehead atoms. The Hall–Kier alpha value is -3.09. The van der Waals surface area contributed by atoms with Gasteiger partial charge in [0.2, 0.25) is 0 Å². The number of carbonyl (C=O) groups excluding carboxylic acids is 1. The van der Waals surface area contributed by atoms with Crippen molar-refractivity contribution in [1.29, 1.82) is 0 Å². The number of hydrogen-bond acceptors (Lipinski definition) is 5. The molecule has 2 aromatic rings. The highest BCUT2D eigenvalue weighted by Gasteiger charge is 2.27. The molecule has 0 N–H and O–H groups in total. The van der Waals surface area contributed by atoms with Gasteiger partial charge in [-0.15, -0.1) is 0 Å². The number of hydrogen-bond donors (Lipinski definition) is 0. The second kappa shape index (κ2) is 8.51. The molecule has 7 nitrogen and oxygen atoms in total. The van der Waals surface area contributed by atoms with Gasteiger partial charge in [-0.3, -0.25) is 14.9 Å². The molecule has 0 saturated carbocycles. The Bertz CT molecular complexity index is 873. The summed E-state index contributed by atoms with van der Waals surface area (Å²) >= 11 is 0. The average molecular weight is 394 g/mol. The van der Waals surface area contributed by atoms with Gasteiger partial charge in [0.15, 0.2) is 0 Å². The molecule has 2 aliphatic heterocycles. The number of nitro benzene ring substituents is 1. The van der Waals surface area contributed by atoms with E-state index in [-0.39, 0.29) is 11.6 Å². The van der Waals surface area contributed by atoms with E-state index in [0.29, 0.717) is 18.7 Å². The molecule has 4 rings (SSSR count). The van der Waals surface area contributed by atoms with Crippen LogP contribution in [0.5, 0.6) is 0 Å². The van der Waals surface area contributed by atoms with Crippen LogP contribution in [0.3, 0.4) is 0 Å². The van der Waals surface area contributed by atoms with E-state index in [1.807, 2.05) is 23.1 Å². The van der Waals surface area contributed by atoms with E-state index in [0.717, 1.165) is 50.4 Å². The summed E-state index contributed by atoms with van der Waals surface area (Å²) in [5.74, 6) is -0.109. The lowest BCUT2D eigenvalue weighted by atomic mass is 10.0. The van der Waals surface area contributed by atoms with E-state index in [1.165, 1.54) is 18.6 Å². The molecule has 0 unspecified atom stereocenters. The molecule has 2 aliphatic rings. The summed E-state index contributed by atoms with van der Waals surface area (Å²) < 4.78 is 0. The third-order valence-corrected chi connectivity index (χ3v) is 5.81. The normalized spacial score (nSPS) is 17.3. The molecule has 7 heteroatoms. The second-order valence-corrected chi connectivity index (χ2v) is 7.62. The average Bonchev–Trinajstić information content (AvgIpc) is 2.79. The molecule has 0 aromatic heterocycles. The van der Waals surface area contributed by atoms with Gasteiger partial charge >= 0.3 is 0 Å². The van der Waals surface area contributed by atoms with Gasteiger partial charge in [0.1, 0.15) is 0 Å². The lowest BCUT2D eigenvalue weighted by molar-refractivity contribution is -0.384. The zero-order valence-corrected chi connectivity index (χ0v) is 16.5. The number of nitro groups is 1. The summed E-state index contributed by atoms with van der Waals surface area (Å²) in [5, 5.41) is 11.3. The molecule has 0 spiro atoms. The minimum atomic E-state index is -0.426. The van der Waals surface area contributed by atoms with Crippen molar-refractivity contribution in [2.45, 2.75) is 19.3 Å². The number of anilines is 2. The fraction of sp³-hybridized carbons (Fsp3) is 0.409. The first-order chi connectivity index (χ1) is 14.1. The monoisotopic (exact) mass is 394 g/mol. The Kier molecular flexibility index (Phi) is 5.64. The Labute approximate surface area is 170 Å². The SMILES string of the molecule is O=C(c1cc([N+](=O)[O-])ccc1N1CCCCC1)N1CCN(c2ccccc2)CC1. The van der Waals surface area contributed by atoms with Gasteiger partial charge in [0.05, 0.1) is 16.2 Å². The number of carbonyl (C=O) groups is 1. The second-order valence-electron chi connectivity index (χ2n) is 7.62.